The van der Waals surface area contributed by atoms with E-state index in [1.54, 1.807) is 37.6 Å². The van der Waals surface area contributed by atoms with Gasteiger partial charge in [0.15, 0.2) is 5.78 Å². The Bertz CT molecular complexity index is 902. The third-order valence-electron chi connectivity index (χ3n) is 5.96. The van der Waals surface area contributed by atoms with E-state index in [4.69, 9.17) is 4.74 Å². The molecule has 200 valence electrons. The average molecular weight is 540 g/mol. The van der Waals surface area contributed by atoms with E-state index < -0.39 is 47.6 Å². The molecule has 2 aliphatic heterocycles. The number of allylic oxidation sites excluding steroid dienone is 2. The van der Waals surface area contributed by atoms with Crippen LogP contribution in [0.2, 0.25) is 0 Å². The number of cyclic esters (lactones) is 1. The molecule has 3 N–H and O–H groups in total. The summed E-state index contributed by atoms with van der Waals surface area (Å²) in [5.74, 6) is -3.38. The van der Waals surface area contributed by atoms with Gasteiger partial charge in [-0.3, -0.25) is 19.2 Å². The first-order valence-corrected chi connectivity index (χ1v) is 14.7. The minimum atomic E-state index is -0.975. The number of carbonyl (C=O) groups excluding carboxylic acids is 5. The van der Waals surface area contributed by atoms with Crippen LogP contribution in [-0.4, -0.2) is 59.7 Å². The lowest BCUT2D eigenvalue weighted by molar-refractivity contribution is -0.151. The summed E-state index contributed by atoms with van der Waals surface area (Å²) in [6, 6.07) is -1.78. The Morgan fingerprint density at radius 2 is 1.67 bits per heavy atom. The number of ether oxygens (including phenoxy) is 1. The number of hydrogen-bond donors (Lipinski definition) is 3. The second-order valence-electron chi connectivity index (χ2n) is 9.54. The smallest absolute Gasteiger partial charge is 0.328 e. The molecule has 2 rings (SSSR count). The van der Waals surface area contributed by atoms with Crippen molar-refractivity contribution >= 4 is 51.1 Å². The van der Waals surface area contributed by atoms with E-state index in [1.165, 1.54) is 16.9 Å². The number of ketones is 1. The van der Waals surface area contributed by atoms with Crippen LogP contribution in [0.4, 0.5) is 0 Å². The number of fused-ring (bicyclic) bond motifs is 6. The van der Waals surface area contributed by atoms with Gasteiger partial charge < -0.3 is 20.7 Å². The number of esters is 1. The fourth-order valence-electron chi connectivity index (χ4n) is 3.73. The summed E-state index contributed by atoms with van der Waals surface area (Å²) < 4.78 is 5.48. The van der Waals surface area contributed by atoms with Gasteiger partial charge in [0.2, 0.25) is 11.8 Å². The third-order valence-corrected chi connectivity index (χ3v) is 8.47. The van der Waals surface area contributed by atoms with Crippen molar-refractivity contribution in [3.8, 4) is 0 Å². The molecule has 3 amide bonds. The van der Waals surface area contributed by atoms with Gasteiger partial charge in [-0.25, -0.2) is 4.79 Å². The predicted molar refractivity (Wildman–Crippen MR) is 142 cm³/mol. The molecule has 3 unspecified atom stereocenters. The monoisotopic (exact) mass is 539 g/mol. The molecule has 9 nitrogen and oxygen atoms in total. The normalized spacial score (nSPS) is 29.9. The lowest BCUT2D eigenvalue weighted by Crippen LogP contribution is -2.51. The van der Waals surface area contributed by atoms with Crippen molar-refractivity contribution in [1.29, 1.82) is 0 Å². The first-order chi connectivity index (χ1) is 17.0. The van der Waals surface area contributed by atoms with E-state index in [0.29, 0.717) is 12.2 Å². The number of nitrogens with one attached hydrogen (secondary N) is 3. The highest BCUT2D eigenvalue weighted by atomic mass is 33.1. The minimum Gasteiger partial charge on any atom is -0.463 e. The largest absolute Gasteiger partial charge is 0.463 e. The van der Waals surface area contributed by atoms with Crippen molar-refractivity contribution in [2.24, 2.45) is 23.7 Å². The topological polar surface area (TPSA) is 131 Å². The van der Waals surface area contributed by atoms with Gasteiger partial charge in [0.1, 0.15) is 18.3 Å². The standard InChI is InChI=1S/C25H37N3O6S2/c1-6-18-24(32)28-21(15(4)5)25(33)34-12-16-9-7-8-10-35-36-13-17(23(31)26-18)11-19(29)20(14(2)3)27-22(16)30/h6-7,9,14-17,20-21H,8,10-13H2,1-5H3,(H,26,31)(H,27,30)(H,28,32)/b9-7-,18-6+/t16?,17?,20-,21?/m0/s1. The van der Waals surface area contributed by atoms with E-state index in [1.807, 2.05) is 19.9 Å². The molecule has 36 heavy (non-hydrogen) atoms. The molecule has 0 spiro atoms. The van der Waals surface area contributed by atoms with Gasteiger partial charge >= 0.3 is 5.97 Å². The molecule has 2 heterocycles. The van der Waals surface area contributed by atoms with Crippen molar-refractivity contribution in [3.05, 3.63) is 23.9 Å². The first kappa shape index (κ1) is 30.0. The molecule has 2 aliphatic rings. The molecule has 0 radical (unpaired) electrons. The van der Waals surface area contributed by atoms with Crippen LogP contribution in [0.5, 0.6) is 0 Å². The van der Waals surface area contributed by atoms with Gasteiger partial charge in [0.25, 0.3) is 5.91 Å². The van der Waals surface area contributed by atoms with E-state index in [0.717, 1.165) is 5.75 Å². The molecule has 0 aromatic rings. The lowest BCUT2D eigenvalue weighted by Gasteiger charge is -2.27. The van der Waals surface area contributed by atoms with Crippen molar-refractivity contribution in [2.75, 3.05) is 18.1 Å². The summed E-state index contributed by atoms with van der Waals surface area (Å²) in [7, 11) is 3.07. The van der Waals surface area contributed by atoms with Gasteiger partial charge in [0.05, 0.1) is 17.9 Å². The van der Waals surface area contributed by atoms with Gasteiger partial charge in [-0.05, 0) is 25.2 Å². The van der Waals surface area contributed by atoms with Crippen LogP contribution in [0.1, 0.15) is 47.5 Å². The minimum absolute atomic E-state index is 0.00344. The SMILES string of the molecule is C/C=C1/NC(=O)C2CSSCC/C=C\C(COC(=O)C(C(C)C)NC1=O)C(=O)N[C@@H](C(C)C)C(=O)C2. The van der Waals surface area contributed by atoms with Gasteiger partial charge in [-0.1, -0.05) is 67.5 Å². The summed E-state index contributed by atoms with van der Waals surface area (Å²) in [5.41, 5.74) is -0.00344. The van der Waals surface area contributed by atoms with Gasteiger partial charge in [0, 0.05) is 17.9 Å². The predicted octanol–water partition coefficient (Wildman–Crippen LogP) is 2.38. The molecule has 0 aromatic heterocycles. The second-order valence-corrected chi connectivity index (χ2v) is 12.2. The first-order valence-electron chi connectivity index (χ1n) is 12.2. The van der Waals surface area contributed by atoms with Gasteiger partial charge in [-0.2, -0.15) is 0 Å². The molecular formula is C25H37N3O6S2. The summed E-state index contributed by atoms with van der Waals surface area (Å²) in [6.45, 7) is 8.55. The van der Waals surface area contributed by atoms with Gasteiger partial charge in [-0.15, -0.1) is 0 Å². The van der Waals surface area contributed by atoms with E-state index in [2.05, 4.69) is 16.0 Å². The molecule has 4 atom stereocenters. The van der Waals surface area contributed by atoms with E-state index >= 15 is 0 Å². The van der Waals surface area contributed by atoms with Crippen molar-refractivity contribution in [1.82, 2.24) is 16.0 Å². The third kappa shape index (κ3) is 8.69. The Labute approximate surface area is 220 Å². The van der Waals surface area contributed by atoms with Crippen LogP contribution in [-0.2, 0) is 28.7 Å². The number of rotatable bonds is 2. The maximum atomic E-state index is 13.3. The quantitative estimate of drug-likeness (QED) is 0.211. The fraction of sp³-hybridized carbons (Fsp3) is 0.640. The number of amides is 3. The molecule has 1 fully saturated rings. The van der Waals surface area contributed by atoms with E-state index in [9.17, 15) is 24.0 Å². The highest BCUT2D eigenvalue weighted by molar-refractivity contribution is 8.76. The number of hydrogen-bond acceptors (Lipinski definition) is 8. The Morgan fingerprint density at radius 3 is 2.31 bits per heavy atom. The number of Topliss-reactive ketones (excluding diaryl/α,β-unsaturated/α-hetero) is 1. The Hall–Kier alpha value is -2.27. The van der Waals surface area contributed by atoms with Crippen LogP contribution in [0.3, 0.4) is 0 Å². The van der Waals surface area contributed by atoms with Crippen molar-refractivity contribution < 1.29 is 28.7 Å². The molecule has 0 aliphatic carbocycles. The zero-order valence-electron chi connectivity index (χ0n) is 21.5. The Morgan fingerprint density at radius 1 is 0.972 bits per heavy atom. The summed E-state index contributed by atoms with van der Waals surface area (Å²) in [6.07, 6.45) is 5.62. The van der Waals surface area contributed by atoms with E-state index in [-0.39, 0.29) is 36.3 Å². The lowest BCUT2D eigenvalue weighted by atomic mass is 9.92. The van der Waals surface area contributed by atoms with Crippen molar-refractivity contribution in [2.45, 2.75) is 59.5 Å². The van der Waals surface area contributed by atoms with Crippen molar-refractivity contribution in [3.63, 3.8) is 0 Å². The second kappa shape index (κ2) is 14.5. The number of carbonyl (C=O) groups is 5. The molecule has 0 saturated carbocycles. The zero-order valence-corrected chi connectivity index (χ0v) is 23.1. The average Bonchev–Trinajstić information content (AvgIpc) is 2.82. The molecule has 0 aromatic carbocycles. The molecule has 1 saturated heterocycles. The highest BCUT2D eigenvalue weighted by Crippen LogP contribution is 2.27. The highest BCUT2D eigenvalue weighted by Gasteiger charge is 2.34. The van der Waals surface area contributed by atoms with Crippen LogP contribution < -0.4 is 16.0 Å². The molecule has 2 bridgehead atoms. The summed E-state index contributed by atoms with van der Waals surface area (Å²) in [4.78, 5) is 65.5. The maximum absolute atomic E-state index is 13.3. The van der Waals surface area contributed by atoms with Crippen LogP contribution >= 0.6 is 21.6 Å². The Balaban J connectivity index is 2.54. The zero-order chi connectivity index (χ0) is 26.8. The molecular weight excluding hydrogens is 502 g/mol. The maximum Gasteiger partial charge on any atom is 0.328 e. The Kier molecular flexibility index (Phi) is 12.0. The summed E-state index contributed by atoms with van der Waals surface area (Å²) >= 11 is 0. The van der Waals surface area contributed by atoms with Crippen LogP contribution in [0.25, 0.3) is 0 Å². The van der Waals surface area contributed by atoms with Crippen LogP contribution in [0.15, 0.2) is 23.9 Å². The fourth-order valence-corrected chi connectivity index (χ4v) is 6.04. The summed E-state index contributed by atoms with van der Waals surface area (Å²) in [5, 5.41) is 8.10. The molecule has 11 heteroatoms. The van der Waals surface area contributed by atoms with Crippen LogP contribution in [0, 0.1) is 23.7 Å².